The fourth-order valence-corrected chi connectivity index (χ4v) is 3.07. The summed E-state index contributed by atoms with van der Waals surface area (Å²) in [5.41, 5.74) is 5.83. The van der Waals surface area contributed by atoms with Gasteiger partial charge in [0.2, 0.25) is 4.96 Å². The molecule has 0 bridgehead atoms. The van der Waals surface area contributed by atoms with Gasteiger partial charge in [0.05, 0.1) is 6.04 Å². The second-order valence-corrected chi connectivity index (χ2v) is 5.45. The smallest absolute Gasteiger partial charge is 0.234 e. The van der Waals surface area contributed by atoms with E-state index < -0.39 is 0 Å². The van der Waals surface area contributed by atoms with Crippen molar-refractivity contribution in [3.63, 3.8) is 0 Å². The molecule has 1 aliphatic carbocycles. The number of hydrogen-bond donors (Lipinski definition) is 1. The van der Waals surface area contributed by atoms with Gasteiger partial charge in [0, 0.05) is 5.92 Å². The van der Waals surface area contributed by atoms with Crippen LogP contribution in [0.5, 0.6) is 0 Å². The van der Waals surface area contributed by atoms with Crippen molar-refractivity contribution in [1.82, 2.24) is 19.8 Å². The highest BCUT2D eigenvalue weighted by Crippen LogP contribution is 2.33. The summed E-state index contributed by atoms with van der Waals surface area (Å²) in [5, 5.41) is 13.9. The van der Waals surface area contributed by atoms with E-state index in [1.165, 1.54) is 37.0 Å². The molecule has 86 valence electrons. The van der Waals surface area contributed by atoms with Crippen LogP contribution in [0.2, 0.25) is 0 Å². The predicted molar refractivity (Wildman–Crippen MR) is 62.5 cm³/mol. The van der Waals surface area contributed by atoms with Gasteiger partial charge in [-0.25, -0.2) is 0 Å². The average molecular weight is 237 g/mol. The molecule has 2 N–H and O–H groups in total. The average Bonchev–Trinajstić information content (AvgIpc) is 2.92. The van der Waals surface area contributed by atoms with E-state index in [9.17, 15) is 0 Å². The SMILES string of the molecule is CC(N)c1nn2c(C3CCCC3)nnc2s1. The minimum absolute atomic E-state index is 0.0249. The topological polar surface area (TPSA) is 69.1 Å². The Bertz CT molecular complexity index is 494. The Morgan fingerprint density at radius 2 is 2.12 bits per heavy atom. The molecule has 1 saturated carbocycles. The molecule has 0 radical (unpaired) electrons. The Kier molecular flexibility index (Phi) is 2.40. The number of hydrogen-bond acceptors (Lipinski definition) is 5. The van der Waals surface area contributed by atoms with Crippen LogP contribution in [-0.4, -0.2) is 19.8 Å². The van der Waals surface area contributed by atoms with Crippen LogP contribution in [0.4, 0.5) is 0 Å². The normalized spacial score (nSPS) is 19.6. The summed E-state index contributed by atoms with van der Waals surface area (Å²) < 4.78 is 1.89. The van der Waals surface area contributed by atoms with E-state index in [1.807, 2.05) is 11.4 Å². The maximum absolute atomic E-state index is 5.83. The van der Waals surface area contributed by atoms with E-state index in [-0.39, 0.29) is 6.04 Å². The molecule has 16 heavy (non-hydrogen) atoms. The number of rotatable bonds is 2. The molecule has 0 spiro atoms. The summed E-state index contributed by atoms with van der Waals surface area (Å²) in [6.45, 7) is 1.95. The summed E-state index contributed by atoms with van der Waals surface area (Å²) in [6, 6.07) is -0.0249. The molecule has 6 heteroatoms. The van der Waals surface area contributed by atoms with Crippen LogP contribution < -0.4 is 5.73 Å². The molecule has 1 aliphatic rings. The van der Waals surface area contributed by atoms with Gasteiger partial charge in [-0.3, -0.25) is 0 Å². The van der Waals surface area contributed by atoms with E-state index in [4.69, 9.17) is 5.73 Å². The summed E-state index contributed by atoms with van der Waals surface area (Å²) in [4.78, 5) is 0.870. The molecule has 1 unspecified atom stereocenters. The lowest BCUT2D eigenvalue weighted by Gasteiger charge is -2.03. The molecule has 2 aromatic rings. The maximum atomic E-state index is 5.83. The van der Waals surface area contributed by atoms with Gasteiger partial charge < -0.3 is 5.73 Å². The molecule has 1 atom stereocenters. The summed E-state index contributed by atoms with van der Waals surface area (Å²) in [5.74, 6) is 1.56. The molecule has 0 aromatic carbocycles. The Morgan fingerprint density at radius 3 is 2.81 bits per heavy atom. The van der Waals surface area contributed by atoms with Crippen molar-refractivity contribution in [2.75, 3.05) is 0 Å². The third-order valence-electron chi connectivity index (χ3n) is 3.14. The zero-order chi connectivity index (χ0) is 11.1. The van der Waals surface area contributed by atoms with Crippen molar-refractivity contribution in [2.45, 2.75) is 44.6 Å². The van der Waals surface area contributed by atoms with Crippen LogP contribution in [0, 0.1) is 0 Å². The molecular weight excluding hydrogens is 222 g/mol. The summed E-state index contributed by atoms with van der Waals surface area (Å²) in [7, 11) is 0. The first-order chi connectivity index (χ1) is 7.75. The highest BCUT2D eigenvalue weighted by Gasteiger charge is 2.24. The van der Waals surface area contributed by atoms with Crippen LogP contribution in [0.1, 0.15) is 55.4 Å². The van der Waals surface area contributed by atoms with Gasteiger partial charge >= 0.3 is 0 Å². The van der Waals surface area contributed by atoms with Crippen LogP contribution in [0.3, 0.4) is 0 Å². The molecular formula is C10H15N5S. The highest BCUT2D eigenvalue weighted by molar-refractivity contribution is 7.16. The van der Waals surface area contributed by atoms with E-state index in [1.54, 1.807) is 0 Å². The van der Waals surface area contributed by atoms with Gasteiger partial charge in [-0.05, 0) is 19.8 Å². The van der Waals surface area contributed by atoms with Gasteiger partial charge in [0.25, 0.3) is 0 Å². The summed E-state index contributed by atoms with van der Waals surface area (Å²) >= 11 is 1.54. The van der Waals surface area contributed by atoms with Crippen LogP contribution in [0.25, 0.3) is 4.96 Å². The van der Waals surface area contributed by atoms with Crippen molar-refractivity contribution in [3.8, 4) is 0 Å². The molecule has 2 aromatic heterocycles. The number of nitrogens with zero attached hydrogens (tertiary/aromatic N) is 4. The Labute approximate surface area is 97.7 Å². The van der Waals surface area contributed by atoms with Gasteiger partial charge in [-0.15, -0.1) is 10.2 Å². The Balaban J connectivity index is 2.04. The monoisotopic (exact) mass is 237 g/mol. The second-order valence-electron chi connectivity index (χ2n) is 4.46. The first-order valence-electron chi connectivity index (χ1n) is 5.73. The Hall–Kier alpha value is -1.01. The second kappa shape index (κ2) is 3.78. The summed E-state index contributed by atoms with van der Waals surface area (Å²) in [6.07, 6.45) is 5.02. The van der Waals surface area contributed by atoms with Crippen LogP contribution in [0.15, 0.2) is 0 Å². The molecule has 0 amide bonds. The fraction of sp³-hybridized carbons (Fsp3) is 0.700. The molecule has 1 fully saturated rings. The molecule has 5 nitrogen and oxygen atoms in total. The van der Waals surface area contributed by atoms with Gasteiger partial charge in [-0.2, -0.15) is 9.61 Å². The van der Waals surface area contributed by atoms with E-state index in [0.29, 0.717) is 5.92 Å². The zero-order valence-corrected chi connectivity index (χ0v) is 10.1. The van der Waals surface area contributed by atoms with E-state index in [0.717, 1.165) is 15.8 Å². The van der Waals surface area contributed by atoms with Crippen molar-refractivity contribution >= 4 is 16.3 Å². The van der Waals surface area contributed by atoms with Gasteiger partial charge in [-0.1, -0.05) is 24.2 Å². The lowest BCUT2D eigenvalue weighted by molar-refractivity contribution is 0.633. The first-order valence-corrected chi connectivity index (χ1v) is 6.55. The highest BCUT2D eigenvalue weighted by atomic mass is 32.1. The predicted octanol–water partition coefficient (Wildman–Crippen LogP) is 1.86. The standard InChI is InChI=1S/C10H15N5S/c1-6(11)9-14-15-8(7-4-2-3-5-7)12-13-10(15)16-9/h6-7H,2-5,11H2,1H3. The van der Waals surface area contributed by atoms with Gasteiger partial charge in [0.15, 0.2) is 5.82 Å². The van der Waals surface area contributed by atoms with Crippen LogP contribution >= 0.6 is 11.3 Å². The van der Waals surface area contributed by atoms with E-state index >= 15 is 0 Å². The lowest BCUT2D eigenvalue weighted by Crippen LogP contribution is -2.07. The van der Waals surface area contributed by atoms with Crippen molar-refractivity contribution in [3.05, 3.63) is 10.8 Å². The third-order valence-corrected chi connectivity index (χ3v) is 4.24. The minimum atomic E-state index is -0.0249. The lowest BCUT2D eigenvalue weighted by atomic mass is 10.1. The molecule has 3 rings (SSSR count). The van der Waals surface area contributed by atoms with E-state index in [2.05, 4.69) is 15.3 Å². The molecule has 0 saturated heterocycles. The number of aromatic nitrogens is 4. The largest absolute Gasteiger partial charge is 0.322 e. The van der Waals surface area contributed by atoms with Crippen LogP contribution in [-0.2, 0) is 0 Å². The minimum Gasteiger partial charge on any atom is -0.322 e. The number of nitrogens with two attached hydrogens (primary N) is 1. The zero-order valence-electron chi connectivity index (χ0n) is 9.26. The van der Waals surface area contributed by atoms with Crippen molar-refractivity contribution < 1.29 is 0 Å². The van der Waals surface area contributed by atoms with Crippen molar-refractivity contribution in [2.24, 2.45) is 5.73 Å². The molecule has 0 aliphatic heterocycles. The first kappa shape index (κ1) is 10.2. The van der Waals surface area contributed by atoms with Crippen molar-refractivity contribution in [1.29, 1.82) is 0 Å². The molecule has 2 heterocycles. The van der Waals surface area contributed by atoms with Gasteiger partial charge in [0.1, 0.15) is 5.01 Å². The third kappa shape index (κ3) is 1.53. The maximum Gasteiger partial charge on any atom is 0.234 e. The fourth-order valence-electron chi connectivity index (χ4n) is 2.27. The number of fused-ring (bicyclic) bond motifs is 1. The Morgan fingerprint density at radius 1 is 1.38 bits per heavy atom. The quantitative estimate of drug-likeness (QED) is 0.865.